The Morgan fingerprint density at radius 1 is 1.37 bits per heavy atom. The number of carboxylic acids is 1. The molecule has 2 aromatic heterocycles. The molecule has 0 fully saturated rings. The van der Waals surface area contributed by atoms with Crippen molar-refractivity contribution >= 4 is 11.9 Å². The Labute approximate surface area is 108 Å². The summed E-state index contributed by atoms with van der Waals surface area (Å²) >= 11 is 0. The molecule has 19 heavy (non-hydrogen) atoms. The molecule has 2 N–H and O–H groups in total. The van der Waals surface area contributed by atoms with Crippen LogP contribution in [0.1, 0.15) is 16.9 Å². The Bertz CT molecular complexity index is 580. The Morgan fingerprint density at radius 2 is 2.21 bits per heavy atom. The number of amides is 1. The molecule has 0 bridgehead atoms. The number of carbonyl (C=O) groups excluding carboxylic acids is 1. The number of hydrogen-bond acceptors (Lipinski definition) is 4. The van der Waals surface area contributed by atoms with Gasteiger partial charge < -0.3 is 15.0 Å². The van der Waals surface area contributed by atoms with E-state index in [9.17, 15) is 9.59 Å². The van der Waals surface area contributed by atoms with Crippen LogP contribution in [-0.2, 0) is 4.79 Å². The van der Waals surface area contributed by atoms with Gasteiger partial charge in [-0.15, -0.1) is 0 Å². The first kappa shape index (κ1) is 12.7. The molecular weight excluding hydrogens is 248 g/mol. The third kappa shape index (κ3) is 3.38. The summed E-state index contributed by atoms with van der Waals surface area (Å²) in [7, 11) is 0. The molecule has 2 heterocycles. The molecule has 0 aromatic carbocycles. The van der Waals surface area contributed by atoms with Crippen molar-refractivity contribution < 1.29 is 14.7 Å². The molecule has 0 radical (unpaired) electrons. The molecule has 0 saturated carbocycles. The number of imidazole rings is 1. The summed E-state index contributed by atoms with van der Waals surface area (Å²) < 4.78 is 1.75. The van der Waals surface area contributed by atoms with E-state index in [2.05, 4.69) is 15.3 Å². The van der Waals surface area contributed by atoms with Crippen molar-refractivity contribution in [3.63, 3.8) is 0 Å². The predicted molar refractivity (Wildman–Crippen MR) is 65.9 cm³/mol. The van der Waals surface area contributed by atoms with Crippen LogP contribution in [0.4, 0.5) is 0 Å². The third-order valence-corrected chi connectivity index (χ3v) is 2.40. The van der Waals surface area contributed by atoms with E-state index in [1.807, 2.05) is 0 Å². The van der Waals surface area contributed by atoms with Crippen LogP contribution in [0, 0.1) is 0 Å². The summed E-state index contributed by atoms with van der Waals surface area (Å²) in [5.74, 6) is -1.36. The first-order chi connectivity index (χ1) is 9.16. The quantitative estimate of drug-likeness (QED) is 0.814. The number of hydrogen-bond donors (Lipinski definition) is 2. The van der Waals surface area contributed by atoms with E-state index in [1.54, 1.807) is 35.4 Å². The Kier molecular flexibility index (Phi) is 3.87. The number of aliphatic carboxylic acids is 1. The zero-order valence-corrected chi connectivity index (χ0v) is 9.98. The Balaban J connectivity index is 2.06. The summed E-state index contributed by atoms with van der Waals surface area (Å²) in [5, 5.41) is 11.0. The van der Waals surface area contributed by atoms with Gasteiger partial charge in [0.15, 0.2) is 0 Å². The van der Waals surface area contributed by atoms with Gasteiger partial charge in [0.1, 0.15) is 5.69 Å². The van der Waals surface area contributed by atoms with E-state index in [4.69, 9.17) is 5.11 Å². The van der Waals surface area contributed by atoms with Crippen molar-refractivity contribution in [1.29, 1.82) is 0 Å². The summed E-state index contributed by atoms with van der Waals surface area (Å²) in [6.07, 6.45) is 6.39. The maximum atomic E-state index is 11.8. The lowest BCUT2D eigenvalue weighted by Crippen LogP contribution is -2.26. The summed E-state index contributed by atoms with van der Waals surface area (Å²) in [4.78, 5) is 30.0. The molecule has 98 valence electrons. The van der Waals surface area contributed by atoms with Gasteiger partial charge in [0.2, 0.25) is 0 Å². The average Bonchev–Trinajstić information content (AvgIpc) is 2.92. The second kappa shape index (κ2) is 5.76. The highest BCUT2D eigenvalue weighted by Gasteiger charge is 2.08. The molecule has 2 aromatic rings. The van der Waals surface area contributed by atoms with E-state index in [0.29, 0.717) is 0 Å². The van der Waals surface area contributed by atoms with Crippen molar-refractivity contribution in [2.24, 2.45) is 0 Å². The molecule has 0 unspecified atom stereocenters. The molecule has 2 rings (SSSR count). The van der Waals surface area contributed by atoms with Gasteiger partial charge in [-0.2, -0.15) is 0 Å². The molecule has 7 nitrogen and oxygen atoms in total. The summed E-state index contributed by atoms with van der Waals surface area (Å²) in [5.41, 5.74) is 0.993. The van der Waals surface area contributed by atoms with Gasteiger partial charge >= 0.3 is 5.97 Å². The van der Waals surface area contributed by atoms with Crippen LogP contribution in [0.15, 0.2) is 37.1 Å². The largest absolute Gasteiger partial charge is 0.481 e. The van der Waals surface area contributed by atoms with Crippen molar-refractivity contribution in [3.8, 4) is 5.69 Å². The first-order valence-corrected chi connectivity index (χ1v) is 5.61. The molecule has 7 heteroatoms. The van der Waals surface area contributed by atoms with E-state index >= 15 is 0 Å². The molecule has 0 aliphatic carbocycles. The molecule has 0 aliphatic heterocycles. The molecule has 0 spiro atoms. The first-order valence-electron chi connectivity index (χ1n) is 5.61. The highest BCUT2D eigenvalue weighted by atomic mass is 16.4. The fraction of sp³-hybridized carbons (Fsp3) is 0.167. The molecule has 0 aliphatic rings. The highest BCUT2D eigenvalue weighted by molar-refractivity contribution is 5.92. The van der Waals surface area contributed by atoms with Crippen LogP contribution in [-0.4, -0.2) is 38.1 Å². The normalized spacial score (nSPS) is 10.1. The molecule has 1 amide bonds. The Morgan fingerprint density at radius 3 is 2.89 bits per heavy atom. The van der Waals surface area contributed by atoms with Crippen molar-refractivity contribution in [2.45, 2.75) is 6.42 Å². The minimum Gasteiger partial charge on any atom is -0.481 e. The topological polar surface area (TPSA) is 97.1 Å². The lowest BCUT2D eigenvalue weighted by Gasteiger charge is -2.05. The maximum absolute atomic E-state index is 11.8. The van der Waals surface area contributed by atoms with Crippen LogP contribution in [0.5, 0.6) is 0 Å². The van der Waals surface area contributed by atoms with Gasteiger partial charge in [0.25, 0.3) is 5.91 Å². The molecule has 0 saturated heterocycles. The zero-order valence-electron chi connectivity index (χ0n) is 9.98. The number of rotatable bonds is 5. The van der Waals surface area contributed by atoms with E-state index in [0.717, 1.165) is 5.69 Å². The van der Waals surface area contributed by atoms with Gasteiger partial charge in [-0.1, -0.05) is 0 Å². The third-order valence-electron chi connectivity index (χ3n) is 2.40. The van der Waals surface area contributed by atoms with Crippen molar-refractivity contribution in [2.75, 3.05) is 6.54 Å². The minimum absolute atomic E-state index is 0.0746. The molecular formula is C12H12N4O3. The number of carboxylic acid groups (broad SMARTS) is 1. The second-order valence-corrected chi connectivity index (χ2v) is 3.77. The fourth-order valence-corrected chi connectivity index (χ4v) is 1.49. The highest BCUT2D eigenvalue weighted by Crippen LogP contribution is 2.07. The maximum Gasteiger partial charge on any atom is 0.305 e. The van der Waals surface area contributed by atoms with Crippen LogP contribution in [0.3, 0.4) is 0 Å². The standard InChI is InChI=1S/C12H12N4O3/c17-11(18)2-4-15-12(19)10-7-9(1-3-14-10)16-6-5-13-8-16/h1,3,5-8H,2,4H2,(H,15,19)(H,17,18). The zero-order chi connectivity index (χ0) is 13.7. The van der Waals surface area contributed by atoms with Crippen molar-refractivity contribution in [1.82, 2.24) is 19.9 Å². The lowest BCUT2D eigenvalue weighted by atomic mass is 10.3. The summed E-state index contributed by atoms with van der Waals surface area (Å²) in [6.45, 7) is 0.0746. The average molecular weight is 260 g/mol. The number of nitrogens with one attached hydrogen (secondary N) is 1. The minimum atomic E-state index is -0.958. The van der Waals surface area contributed by atoms with Gasteiger partial charge in [0, 0.05) is 25.1 Å². The van der Waals surface area contributed by atoms with Crippen molar-refractivity contribution in [3.05, 3.63) is 42.7 Å². The van der Waals surface area contributed by atoms with E-state index in [-0.39, 0.29) is 18.7 Å². The smallest absolute Gasteiger partial charge is 0.305 e. The Hall–Kier alpha value is -2.70. The van der Waals surface area contributed by atoms with Gasteiger partial charge in [-0.05, 0) is 12.1 Å². The number of pyridine rings is 1. The van der Waals surface area contributed by atoms with Gasteiger partial charge in [0.05, 0.1) is 18.4 Å². The van der Waals surface area contributed by atoms with Crippen LogP contribution < -0.4 is 5.32 Å². The predicted octanol–water partition coefficient (Wildman–Crippen LogP) is 0.472. The lowest BCUT2D eigenvalue weighted by molar-refractivity contribution is -0.136. The SMILES string of the molecule is O=C(O)CCNC(=O)c1cc(-n2ccnc2)ccn1. The van der Waals surface area contributed by atoms with Gasteiger partial charge in [-0.3, -0.25) is 14.6 Å². The number of aromatic nitrogens is 3. The van der Waals surface area contributed by atoms with E-state index in [1.165, 1.54) is 6.20 Å². The second-order valence-electron chi connectivity index (χ2n) is 3.77. The van der Waals surface area contributed by atoms with Crippen LogP contribution in [0.25, 0.3) is 5.69 Å². The van der Waals surface area contributed by atoms with Gasteiger partial charge in [-0.25, -0.2) is 4.98 Å². The number of nitrogens with zero attached hydrogens (tertiary/aromatic N) is 3. The van der Waals surface area contributed by atoms with Crippen LogP contribution >= 0.6 is 0 Å². The number of carbonyl (C=O) groups is 2. The monoisotopic (exact) mass is 260 g/mol. The molecule has 0 atom stereocenters. The summed E-state index contributed by atoms with van der Waals surface area (Å²) in [6, 6.07) is 3.35. The van der Waals surface area contributed by atoms with E-state index < -0.39 is 11.9 Å². The fourth-order valence-electron chi connectivity index (χ4n) is 1.49. The van der Waals surface area contributed by atoms with Crippen LogP contribution in [0.2, 0.25) is 0 Å².